The van der Waals surface area contributed by atoms with E-state index in [0.717, 1.165) is 10.7 Å². The fraction of sp³-hybridized carbons (Fsp3) is 0.474. The number of carbonyl (C=O) groups is 1. The third-order valence-corrected chi connectivity index (χ3v) is 5.34. The zero-order chi connectivity index (χ0) is 18.9. The molecule has 0 N–H and O–H groups in total. The van der Waals surface area contributed by atoms with Crippen molar-refractivity contribution >= 4 is 23.1 Å². The zero-order valence-electron chi connectivity index (χ0n) is 15.5. The quantitative estimate of drug-likeness (QED) is 0.788. The van der Waals surface area contributed by atoms with E-state index in [2.05, 4.69) is 26.2 Å². The molecule has 2 heterocycles. The Labute approximate surface area is 157 Å². The van der Waals surface area contributed by atoms with Crippen LogP contribution >= 0.6 is 11.3 Å². The molecule has 2 aromatic rings. The van der Waals surface area contributed by atoms with Crippen molar-refractivity contribution in [1.29, 1.82) is 0 Å². The largest absolute Gasteiger partial charge is 0.367 e. The summed E-state index contributed by atoms with van der Waals surface area (Å²) in [5, 5.41) is 2.96. The Morgan fingerprint density at radius 2 is 2.04 bits per heavy atom. The Balaban J connectivity index is 1.70. The lowest BCUT2D eigenvalue weighted by molar-refractivity contribution is -0.0145. The second-order valence-corrected chi connectivity index (χ2v) is 8.33. The Morgan fingerprint density at radius 3 is 2.65 bits per heavy atom. The van der Waals surface area contributed by atoms with Gasteiger partial charge in [0.15, 0.2) is 0 Å². The standard InChI is InChI=1S/C19H24FN3O2S/c1-19(2,3)16-12-26-17(21-16)15-11-23(9-10-25-15)18(24)22(4)14-7-5-13(20)6-8-14/h5-8,12,15H,9-11H2,1-4H3. The minimum Gasteiger partial charge on any atom is -0.367 e. The van der Waals surface area contributed by atoms with Crippen LogP contribution in [0.2, 0.25) is 0 Å². The van der Waals surface area contributed by atoms with Crippen molar-refractivity contribution in [2.45, 2.75) is 32.3 Å². The van der Waals surface area contributed by atoms with Gasteiger partial charge in [-0.1, -0.05) is 20.8 Å². The van der Waals surface area contributed by atoms with Gasteiger partial charge in [0.2, 0.25) is 0 Å². The SMILES string of the molecule is CN(C(=O)N1CCOC(c2nc(C(C)(C)C)cs2)C1)c1ccc(F)cc1. The summed E-state index contributed by atoms with van der Waals surface area (Å²) in [6, 6.07) is 5.77. The van der Waals surface area contributed by atoms with E-state index in [1.807, 2.05) is 0 Å². The average molecular weight is 377 g/mol. The maximum Gasteiger partial charge on any atom is 0.324 e. The minimum absolute atomic E-state index is 0.0122. The molecule has 26 heavy (non-hydrogen) atoms. The van der Waals surface area contributed by atoms with Gasteiger partial charge in [0.25, 0.3) is 0 Å². The normalized spacial score (nSPS) is 18.0. The van der Waals surface area contributed by atoms with Gasteiger partial charge in [0.05, 0.1) is 18.8 Å². The number of thiazole rings is 1. The van der Waals surface area contributed by atoms with Crippen molar-refractivity contribution in [2.24, 2.45) is 0 Å². The lowest BCUT2D eigenvalue weighted by Gasteiger charge is -2.34. The zero-order valence-corrected chi connectivity index (χ0v) is 16.3. The highest BCUT2D eigenvalue weighted by Gasteiger charge is 2.30. The molecule has 0 aliphatic carbocycles. The highest BCUT2D eigenvalue weighted by Crippen LogP contribution is 2.30. The van der Waals surface area contributed by atoms with E-state index in [1.54, 1.807) is 35.4 Å². The summed E-state index contributed by atoms with van der Waals surface area (Å²) in [7, 11) is 1.70. The van der Waals surface area contributed by atoms with Crippen molar-refractivity contribution < 1.29 is 13.9 Å². The Morgan fingerprint density at radius 1 is 1.35 bits per heavy atom. The Kier molecular flexibility index (Phi) is 5.29. The molecule has 0 bridgehead atoms. The number of anilines is 1. The molecule has 3 rings (SSSR count). The first-order valence-electron chi connectivity index (χ1n) is 8.61. The fourth-order valence-electron chi connectivity index (χ4n) is 2.74. The van der Waals surface area contributed by atoms with E-state index < -0.39 is 0 Å². The molecule has 1 aliphatic heterocycles. The lowest BCUT2D eigenvalue weighted by atomic mass is 9.93. The van der Waals surface area contributed by atoms with Gasteiger partial charge in [-0.05, 0) is 24.3 Å². The summed E-state index contributed by atoms with van der Waals surface area (Å²) in [6.07, 6.45) is -0.213. The van der Waals surface area contributed by atoms with Crippen LogP contribution in [0.25, 0.3) is 0 Å². The maximum atomic E-state index is 13.1. The minimum atomic E-state index is -0.320. The van der Waals surface area contributed by atoms with E-state index >= 15 is 0 Å². The Hall–Kier alpha value is -1.99. The number of aromatic nitrogens is 1. The number of morpholine rings is 1. The second kappa shape index (κ2) is 7.32. The van der Waals surface area contributed by atoms with Crippen molar-refractivity contribution in [3.63, 3.8) is 0 Å². The van der Waals surface area contributed by atoms with Crippen LogP contribution < -0.4 is 4.90 Å². The third-order valence-electron chi connectivity index (χ3n) is 4.40. The van der Waals surface area contributed by atoms with E-state index in [0.29, 0.717) is 25.4 Å². The van der Waals surface area contributed by atoms with Crippen LogP contribution in [0.4, 0.5) is 14.9 Å². The number of benzene rings is 1. The molecule has 1 saturated heterocycles. The van der Waals surface area contributed by atoms with Crippen LogP contribution in [0.1, 0.15) is 37.6 Å². The monoisotopic (exact) mass is 377 g/mol. The maximum absolute atomic E-state index is 13.1. The predicted octanol–water partition coefficient (Wildman–Crippen LogP) is 4.21. The molecule has 1 fully saturated rings. The summed E-state index contributed by atoms with van der Waals surface area (Å²) < 4.78 is 19.0. The van der Waals surface area contributed by atoms with Crippen LogP contribution in [0.3, 0.4) is 0 Å². The number of amides is 2. The molecule has 5 nitrogen and oxygen atoms in total. The molecule has 0 spiro atoms. The van der Waals surface area contributed by atoms with Crippen LogP contribution in [0.15, 0.2) is 29.6 Å². The highest BCUT2D eigenvalue weighted by atomic mass is 32.1. The molecular weight excluding hydrogens is 353 g/mol. The van der Waals surface area contributed by atoms with E-state index in [1.165, 1.54) is 17.0 Å². The van der Waals surface area contributed by atoms with Gasteiger partial charge < -0.3 is 9.64 Å². The van der Waals surface area contributed by atoms with Crippen LogP contribution in [0, 0.1) is 5.82 Å². The van der Waals surface area contributed by atoms with Gasteiger partial charge in [-0.2, -0.15) is 0 Å². The first-order valence-corrected chi connectivity index (χ1v) is 9.49. The summed E-state index contributed by atoms with van der Waals surface area (Å²) in [5.74, 6) is -0.320. The van der Waals surface area contributed by atoms with E-state index in [4.69, 9.17) is 9.72 Å². The van der Waals surface area contributed by atoms with Gasteiger partial charge in [0, 0.05) is 30.1 Å². The Bertz CT molecular complexity index is 770. The van der Waals surface area contributed by atoms with Crippen molar-refractivity contribution in [3.8, 4) is 0 Å². The summed E-state index contributed by atoms with van der Waals surface area (Å²) in [6.45, 7) is 7.83. The van der Waals surface area contributed by atoms with Crippen molar-refractivity contribution in [1.82, 2.24) is 9.88 Å². The van der Waals surface area contributed by atoms with Crippen molar-refractivity contribution in [3.05, 3.63) is 46.2 Å². The number of nitrogens with zero attached hydrogens (tertiary/aromatic N) is 3. The summed E-state index contributed by atoms with van der Waals surface area (Å²) >= 11 is 1.57. The molecule has 1 aromatic heterocycles. The van der Waals surface area contributed by atoms with E-state index in [9.17, 15) is 9.18 Å². The third kappa shape index (κ3) is 4.04. The molecule has 0 radical (unpaired) electrons. The molecule has 1 aliphatic rings. The van der Waals surface area contributed by atoms with Gasteiger partial charge in [-0.15, -0.1) is 11.3 Å². The fourth-order valence-corrected chi connectivity index (χ4v) is 3.82. The number of carbonyl (C=O) groups excluding carboxylic acids is 1. The average Bonchev–Trinajstić information content (AvgIpc) is 3.12. The summed E-state index contributed by atoms with van der Waals surface area (Å²) in [5.41, 5.74) is 1.68. The topological polar surface area (TPSA) is 45.7 Å². The smallest absolute Gasteiger partial charge is 0.324 e. The van der Waals surface area contributed by atoms with Gasteiger partial charge in [0.1, 0.15) is 16.9 Å². The van der Waals surface area contributed by atoms with Crippen LogP contribution in [-0.4, -0.2) is 42.7 Å². The number of ether oxygens (including phenoxy) is 1. The molecule has 0 saturated carbocycles. The molecular formula is C19H24FN3O2S. The van der Waals surface area contributed by atoms with Crippen LogP contribution in [-0.2, 0) is 10.2 Å². The van der Waals surface area contributed by atoms with Crippen molar-refractivity contribution in [2.75, 3.05) is 31.6 Å². The first-order chi connectivity index (χ1) is 12.3. The number of hydrogen-bond donors (Lipinski definition) is 0. The second-order valence-electron chi connectivity index (χ2n) is 7.44. The van der Waals surface area contributed by atoms with Gasteiger partial charge in [-0.3, -0.25) is 4.90 Å². The van der Waals surface area contributed by atoms with Crippen LogP contribution in [0.5, 0.6) is 0 Å². The lowest BCUT2D eigenvalue weighted by Crippen LogP contribution is -2.48. The molecule has 140 valence electrons. The highest BCUT2D eigenvalue weighted by molar-refractivity contribution is 7.09. The number of rotatable bonds is 2. The number of hydrogen-bond acceptors (Lipinski definition) is 4. The van der Waals surface area contributed by atoms with Gasteiger partial charge in [-0.25, -0.2) is 14.2 Å². The molecule has 2 amide bonds. The molecule has 7 heteroatoms. The first kappa shape index (κ1) is 18.8. The van der Waals surface area contributed by atoms with Gasteiger partial charge >= 0.3 is 6.03 Å². The van der Waals surface area contributed by atoms with E-state index in [-0.39, 0.29) is 23.4 Å². The summed E-state index contributed by atoms with van der Waals surface area (Å²) in [4.78, 5) is 20.8. The number of urea groups is 1. The predicted molar refractivity (Wildman–Crippen MR) is 101 cm³/mol. The number of halogens is 1. The molecule has 1 aromatic carbocycles. The molecule has 1 atom stereocenters. The molecule has 1 unspecified atom stereocenters.